The van der Waals surface area contributed by atoms with Crippen LogP contribution in [0.5, 0.6) is 0 Å². The summed E-state index contributed by atoms with van der Waals surface area (Å²) >= 11 is 0. The summed E-state index contributed by atoms with van der Waals surface area (Å²) in [6.45, 7) is 2.12. The second kappa shape index (κ2) is 9.16. The molecule has 2 rings (SSSR count). The van der Waals surface area contributed by atoms with Gasteiger partial charge in [-0.1, -0.05) is 12.1 Å². The van der Waals surface area contributed by atoms with Crippen LogP contribution in [0.3, 0.4) is 0 Å². The summed E-state index contributed by atoms with van der Waals surface area (Å²) in [6, 6.07) is 9.70. The molecule has 8 heteroatoms. The Morgan fingerprint density at radius 1 is 1.23 bits per heavy atom. The number of rotatable bonds is 8. The van der Waals surface area contributed by atoms with Gasteiger partial charge in [-0.25, -0.2) is 0 Å². The fourth-order valence-electron chi connectivity index (χ4n) is 2.11. The van der Waals surface area contributed by atoms with Crippen LogP contribution in [0, 0.1) is 10.1 Å². The molecular formula is C18H18N2O6. The van der Waals surface area contributed by atoms with Crippen LogP contribution >= 0.6 is 0 Å². The Morgan fingerprint density at radius 2 is 1.96 bits per heavy atom. The number of nitro groups is 1. The quantitative estimate of drug-likeness (QED) is 0.335. The predicted octanol–water partition coefficient (Wildman–Crippen LogP) is 3.34. The van der Waals surface area contributed by atoms with Crippen LogP contribution in [0.1, 0.15) is 24.7 Å². The van der Waals surface area contributed by atoms with E-state index in [4.69, 9.17) is 9.15 Å². The summed E-state index contributed by atoms with van der Waals surface area (Å²) in [7, 11) is 0. The topological polar surface area (TPSA) is 112 Å². The molecule has 0 atom stereocenters. The van der Waals surface area contributed by atoms with Gasteiger partial charge in [0.1, 0.15) is 10.7 Å². The Labute approximate surface area is 149 Å². The number of carbonyl (C=O) groups is 2. The zero-order chi connectivity index (χ0) is 18.9. The number of nitrogens with one attached hydrogen (secondary N) is 1. The van der Waals surface area contributed by atoms with Crippen molar-refractivity contribution in [2.45, 2.75) is 19.8 Å². The van der Waals surface area contributed by atoms with Crippen molar-refractivity contribution in [1.82, 2.24) is 0 Å². The van der Waals surface area contributed by atoms with Gasteiger partial charge >= 0.3 is 11.9 Å². The zero-order valence-corrected chi connectivity index (χ0v) is 14.1. The molecule has 8 nitrogen and oxygen atoms in total. The molecule has 1 heterocycles. The van der Waals surface area contributed by atoms with Gasteiger partial charge in [0.2, 0.25) is 5.91 Å². The summed E-state index contributed by atoms with van der Waals surface area (Å²) in [5, 5.41) is 13.2. The molecule has 0 saturated carbocycles. The number of carbonyl (C=O) groups excluding carboxylic acids is 2. The number of nitrogens with zero attached hydrogens (tertiary/aromatic N) is 1. The van der Waals surface area contributed by atoms with Gasteiger partial charge in [-0.05, 0) is 43.2 Å². The molecule has 0 aliphatic rings. The predicted molar refractivity (Wildman–Crippen MR) is 94.4 cm³/mol. The van der Waals surface area contributed by atoms with Gasteiger partial charge in [-0.2, -0.15) is 0 Å². The van der Waals surface area contributed by atoms with E-state index in [0.717, 1.165) is 5.56 Å². The highest BCUT2D eigenvalue weighted by Crippen LogP contribution is 2.17. The molecule has 0 aliphatic carbocycles. The minimum atomic E-state index is -0.652. The van der Waals surface area contributed by atoms with E-state index in [1.807, 2.05) is 12.1 Å². The highest BCUT2D eigenvalue weighted by atomic mass is 16.6. The van der Waals surface area contributed by atoms with Crippen LogP contribution in [-0.4, -0.2) is 23.4 Å². The molecule has 0 radical (unpaired) electrons. The molecular weight excluding hydrogens is 340 g/mol. The molecule has 0 fully saturated rings. The first-order chi connectivity index (χ1) is 12.5. The number of hydrogen-bond donors (Lipinski definition) is 1. The van der Waals surface area contributed by atoms with Crippen molar-refractivity contribution >= 4 is 29.5 Å². The lowest BCUT2D eigenvalue weighted by Crippen LogP contribution is -2.08. The average molecular weight is 358 g/mol. The Bertz CT molecular complexity index is 807. The average Bonchev–Trinajstić information content (AvgIpc) is 3.09. The maximum Gasteiger partial charge on any atom is 0.433 e. The fourth-order valence-corrected chi connectivity index (χ4v) is 2.11. The number of esters is 1. The van der Waals surface area contributed by atoms with Crippen molar-refractivity contribution in [2.24, 2.45) is 0 Å². The minimum absolute atomic E-state index is 0.209. The maximum absolute atomic E-state index is 11.9. The Hall–Kier alpha value is -3.42. The Balaban J connectivity index is 1.85. The van der Waals surface area contributed by atoms with Crippen LogP contribution in [0.15, 0.2) is 46.9 Å². The van der Waals surface area contributed by atoms with E-state index < -0.39 is 10.8 Å². The van der Waals surface area contributed by atoms with Gasteiger partial charge in [0.25, 0.3) is 0 Å². The van der Waals surface area contributed by atoms with Gasteiger partial charge in [0, 0.05) is 18.2 Å². The molecule has 0 unspecified atom stereocenters. The highest BCUT2D eigenvalue weighted by molar-refractivity contribution is 6.01. The summed E-state index contributed by atoms with van der Waals surface area (Å²) in [4.78, 5) is 33.1. The molecule has 2 aromatic rings. The van der Waals surface area contributed by atoms with Gasteiger partial charge in [0.15, 0.2) is 0 Å². The van der Waals surface area contributed by atoms with Crippen molar-refractivity contribution in [2.75, 3.05) is 11.9 Å². The second-order valence-electron chi connectivity index (χ2n) is 5.26. The van der Waals surface area contributed by atoms with E-state index in [2.05, 4.69) is 5.32 Å². The monoisotopic (exact) mass is 358 g/mol. The summed E-state index contributed by atoms with van der Waals surface area (Å²) in [5.74, 6) is -0.818. The minimum Gasteiger partial charge on any atom is -0.466 e. The van der Waals surface area contributed by atoms with Crippen LogP contribution in [-0.2, 0) is 20.7 Å². The number of benzene rings is 1. The van der Waals surface area contributed by atoms with Gasteiger partial charge in [-0.3, -0.25) is 19.7 Å². The molecule has 0 bridgehead atoms. The van der Waals surface area contributed by atoms with E-state index in [1.165, 1.54) is 24.3 Å². The van der Waals surface area contributed by atoms with Gasteiger partial charge in [0.05, 0.1) is 12.7 Å². The van der Waals surface area contributed by atoms with Crippen molar-refractivity contribution in [3.05, 3.63) is 63.9 Å². The number of hydrogen-bond acceptors (Lipinski definition) is 6. The van der Waals surface area contributed by atoms with E-state index in [1.54, 1.807) is 19.1 Å². The van der Waals surface area contributed by atoms with Crippen LogP contribution < -0.4 is 5.32 Å². The van der Waals surface area contributed by atoms with E-state index in [-0.39, 0.29) is 17.6 Å². The van der Waals surface area contributed by atoms with Crippen LogP contribution in [0.2, 0.25) is 0 Å². The molecule has 0 spiro atoms. The number of furan rings is 1. The van der Waals surface area contributed by atoms with Crippen LogP contribution in [0.4, 0.5) is 11.6 Å². The van der Waals surface area contributed by atoms with Crippen molar-refractivity contribution in [1.29, 1.82) is 0 Å². The lowest BCUT2D eigenvalue weighted by Gasteiger charge is -2.05. The maximum atomic E-state index is 11.9. The third-order valence-corrected chi connectivity index (χ3v) is 3.34. The summed E-state index contributed by atoms with van der Waals surface area (Å²) in [5.41, 5.74) is 1.54. The van der Waals surface area contributed by atoms with Crippen LogP contribution in [0.25, 0.3) is 6.08 Å². The summed E-state index contributed by atoms with van der Waals surface area (Å²) in [6.07, 6.45) is 3.43. The lowest BCUT2D eigenvalue weighted by atomic mass is 10.1. The van der Waals surface area contributed by atoms with Crippen molar-refractivity contribution < 1.29 is 23.7 Å². The molecule has 0 saturated heterocycles. The molecule has 1 N–H and O–H groups in total. The van der Waals surface area contributed by atoms with Crippen molar-refractivity contribution in [3.8, 4) is 0 Å². The largest absolute Gasteiger partial charge is 0.466 e. The SMILES string of the molecule is CCOC(=O)CCc1ccc(NC(=O)/C=C/c2ccc([N+](=O)[O-])o2)cc1. The number of aryl methyl sites for hydroxylation is 1. The second-order valence-corrected chi connectivity index (χ2v) is 5.26. The van der Waals surface area contributed by atoms with E-state index >= 15 is 0 Å². The third-order valence-electron chi connectivity index (χ3n) is 3.34. The fraction of sp³-hybridized carbons (Fsp3) is 0.222. The molecule has 1 aromatic carbocycles. The number of amides is 1. The first-order valence-corrected chi connectivity index (χ1v) is 7.95. The lowest BCUT2D eigenvalue weighted by molar-refractivity contribution is -0.402. The number of anilines is 1. The normalized spacial score (nSPS) is 10.7. The third kappa shape index (κ3) is 5.90. The standard InChI is InChI=1S/C18H18N2O6/c1-2-25-18(22)12-5-13-3-6-14(7-4-13)19-16(21)10-8-15-9-11-17(26-15)20(23)24/h3-4,6-11H,2,5,12H2,1H3,(H,19,21)/b10-8+. The molecule has 136 valence electrons. The molecule has 1 aromatic heterocycles. The smallest absolute Gasteiger partial charge is 0.433 e. The number of ether oxygens (including phenoxy) is 1. The highest BCUT2D eigenvalue weighted by Gasteiger charge is 2.10. The van der Waals surface area contributed by atoms with Crippen molar-refractivity contribution in [3.63, 3.8) is 0 Å². The van der Waals surface area contributed by atoms with E-state index in [0.29, 0.717) is 25.1 Å². The Morgan fingerprint density at radius 3 is 2.58 bits per heavy atom. The molecule has 0 aliphatic heterocycles. The Kier molecular flexibility index (Phi) is 6.67. The first kappa shape index (κ1) is 18.9. The first-order valence-electron chi connectivity index (χ1n) is 7.95. The van der Waals surface area contributed by atoms with Gasteiger partial charge < -0.3 is 14.5 Å². The molecule has 26 heavy (non-hydrogen) atoms. The zero-order valence-electron chi connectivity index (χ0n) is 14.1. The van der Waals surface area contributed by atoms with Gasteiger partial charge in [-0.15, -0.1) is 0 Å². The van der Waals surface area contributed by atoms with E-state index in [9.17, 15) is 19.7 Å². The summed E-state index contributed by atoms with van der Waals surface area (Å²) < 4.78 is 9.79. The molecule has 1 amide bonds.